The first kappa shape index (κ1) is 20.4. The van der Waals surface area contributed by atoms with Gasteiger partial charge in [-0.25, -0.2) is 5.43 Å². The van der Waals surface area contributed by atoms with Crippen LogP contribution in [0.1, 0.15) is 27.7 Å². The summed E-state index contributed by atoms with van der Waals surface area (Å²) in [4.78, 5) is 24.4. The van der Waals surface area contributed by atoms with Gasteiger partial charge in [-0.1, -0.05) is 0 Å². The van der Waals surface area contributed by atoms with E-state index in [1.54, 1.807) is 33.4 Å². The van der Waals surface area contributed by atoms with Crippen molar-refractivity contribution in [3.8, 4) is 0 Å². The molecule has 1 amide bonds. The van der Waals surface area contributed by atoms with Gasteiger partial charge in [0.1, 0.15) is 5.69 Å². The first-order valence-electron chi connectivity index (χ1n) is 8.47. The van der Waals surface area contributed by atoms with Crippen molar-refractivity contribution in [2.75, 3.05) is 26.1 Å². The molecule has 0 spiro atoms. The lowest BCUT2D eigenvalue weighted by Gasteiger charge is -2.32. The maximum Gasteiger partial charge on any atom is 0.496 e. The summed E-state index contributed by atoms with van der Waals surface area (Å²) in [5.41, 5.74) is 7.96. The van der Waals surface area contributed by atoms with Crippen LogP contribution in [0, 0.1) is 0 Å². The summed E-state index contributed by atoms with van der Waals surface area (Å²) in [6, 6.07) is 1.65. The molecule has 26 heavy (non-hydrogen) atoms. The lowest BCUT2D eigenvalue weighted by Crippen LogP contribution is -2.44. The van der Waals surface area contributed by atoms with Crippen molar-refractivity contribution in [3.63, 3.8) is 0 Å². The second-order valence-corrected chi connectivity index (χ2v) is 7.36. The number of aromatic nitrogens is 1. The van der Waals surface area contributed by atoms with Crippen molar-refractivity contribution in [2.45, 2.75) is 38.9 Å². The largest absolute Gasteiger partial charge is 0.496 e. The van der Waals surface area contributed by atoms with Crippen LogP contribution in [0.15, 0.2) is 17.1 Å². The lowest BCUT2D eigenvalue weighted by molar-refractivity contribution is -0.127. The molecule has 2 heterocycles. The number of rotatable bonds is 6. The highest BCUT2D eigenvalue weighted by molar-refractivity contribution is 6.62. The molecule has 1 fully saturated rings. The number of hydrazine groups is 2. The van der Waals surface area contributed by atoms with Gasteiger partial charge in [-0.15, -0.1) is 0 Å². The number of nitrogens with one attached hydrogen (secondary N) is 3. The molecule has 10 heteroatoms. The van der Waals surface area contributed by atoms with E-state index < -0.39 is 18.3 Å². The van der Waals surface area contributed by atoms with E-state index in [0.29, 0.717) is 5.46 Å². The number of hydrogen-bond acceptors (Lipinski definition) is 7. The normalized spacial score (nSPS) is 18.0. The summed E-state index contributed by atoms with van der Waals surface area (Å²) in [5, 5.41) is 1.26. The molecular formula is C16H28BN5O4. The summed E-state index contributed by atoms with van der Waals surface area (Å²) in [6.45, 7) is 7.95. The molecule has 0 atom stereocenters. The van der Waals surface area contributed by atoms with Gasteiger partial charge in [0.2, 0.25) is 0 Å². The summed E-state index contributed by atoms with van der Waals surface area (Å²) in [7, 11) is 4.27. The van der Waals surface area contributed by atoms with Gasteiger partial charge in [-0.2, -0.15) is 0 Å². The van der Waals surface area contributed by atoms with Gasteiger partial charge < -0.3 is 13.9 Å². The van der Waals surface area contributed by atoms with E-state index >= 15 is 0 Å². The molecule has 1 saturated heterocycles. The fourth-order valence-corrected chi connectivity index (χ4v) is 2.45. The number of anilines is 1. The van der Waals surface area contributed by atoms with Crippen LogP contribution in [0.4, 0.5) is 5.69 Å². The van der Waals surface area contributed by atoms with Gasteiger partial charge in [0.05, 0.1) is 17.7 Å². The number of likely N-dealkylation sites (N-methyl/N-ethyl adjacent to an activating group) is 1. The summed E-state index contributed by atoms with van der Waals surface area (Å²) < 4.78 is 13.5. The Morgan fingerprint density at radius 2 is 1.85 bits per heavy atom. The maximum atomic E-state index is 12.4. The zero-order valence-corrected chi connectivity index (χ0v) is 16.5. The van der Waals surface area contributed by atoms with Gasteiger partial charge in [0.15, 0.2) is 0 Å². The summed E-state index contributed by atoms with van der Waals surface area (Å²) in [5.74, 6) is -0.234. The van der Waals surface area contributed by atoms with Gasteiger partial charge in [0.25, 0.3) is 11.5 Å². The van der Waals surface area contributed by atoms with Gasteiger partial charge in [0, 0.05) is 25.8 Å². The SMILES string of the molecule is CNNCC(=O)N(C)Nc1cc(B2OC(C)(C)C(C)(C)O2)cn(C)c1=O. The Hall–Kier alpha value is -1.88. The molecule has 9 nitrogen and oxygen atoms in total. The zero-order valence-electron chi connectivity index (χ0n) is 16.5. The first-order valence-corrected chi connectivity index (χ1v) is 8.47. The molecule has 1 aromatic rings. The van der Waals surface area contributed by atoms with Crippen LogP contribution in [-0.4, -0.2) is 54.4 Å². The molecule has 0 radical (unpaired) electrons. The predicted octanol–water partition coefficient (Wildman–Crippen LogP) is -0.806. The van der Waals surface area contributed by atoms with Crippen LogP contribution < -0.4 is 27.3 Å². The Morgan fingerprint density at radius 1 is 1.27 bits per heavy atom. The average molecular weight is 365 g/mol. The molecule has 0 saturated carbocycles. The highest BCUT2D eigenvalue weighted by Gasteiger charge is 2.51. The second-order valence-electron chi connectivity index (χ2n) is 7.36. The van der Waals surface area contributed by atoms with Crippen LogP contribution in [0.3, 0.4) is 0 Å². The number of hydrogen-bond donors (Lipinski definition) is 3. The van der Waals surface area contributed by atoms with Crippen LogP contribution in [-0.2, 0) is 21.2 Å². The van der Waals surface area contributed by atoms with Gasteiger partial charge in [-0.05, 0) is 40.8 Å². The minimum atomic E-state index is -0.598. The average Bonchev–Trinajstić information content (AvgIpc) is 2.77. The molecular weight excluding hydrogens is 337 g/mol. The van der Waals surface area contributed by atoms with Crippen molar-refractivity contribution in [1.82, 2.24) is 20.4 Å². The number of aryl methyl sites for hydroxylation is 1. The fraction of sp³-hybridized carbons (Fsp3) is 0.625. The van der Waals surface area contributed by atoms with E-state index in [4.69, 9.17) is 9.31 Å². The van der Waals surface area contributed by atoms with Gasteiger partial charge in [-0.3, -0.25) is 25.4 Å². The lowest BCUT2D eigenvalue weighted by atomic mass is 9.80. The van der Waals surface area contributed by atoms with Crippen LogP contribution in [0.25, 0.3) is 0 Å². The Bertz CT molecular complexity index is 718. The van der Waals surface area contributed by atoms with Crippen LogP contribution in [0.2, 0.25) is 0 Å². The molecule has 0 unspecified atom stereocenters. The standard InChI is InChI=1S/C16H28BN5O4/c1-15(2)16(3,4)26-17(25-15)11-8-12(14(24)21(6)10-11)20-22(7)13(23)9-19-18-5/h8,10,18-20H,9H2,1-7H3. The van der Waals surface area contributed by atoms with Crippen molar-refractivity contribution >= 4 is 24.2 Å². The maximum absolute atomic E-state index is 12.4. The third-order valence-electron chi connectivity index (χ3n) is 4.81. The molecule has 3 N–H and O–H groups in total. The number of nitrogens with zero attached hydrogens (tertiary/aromatic N) is 2. The fourth-order valence-electron chi connectivity index (χ4n) is 2.45. The monoisotopic (exact) mass is 365 g/mol. The van der Waals surface area contributed by atoms with Crippen LogP contribution in [0.5, 0.6) is 0 Å². The minimum Gasteiger partial charge on any atom is -0.399 e. The summed E-state index contributed by atoms with van der Waals surface area (Å²) in [6.07, 6.45) is 1.68. The Labute approximate surface area is 154 Å². The van der Waals surface area contributed by atoms with E-state index in [1.807, 2.05) is 27.7 Å². The number of pyridine rings is 1. The molecule has 0 aliphatic carbocycles. The quantitative estimate of drug-likeness (QED) is 0.448. The van der Waals surface area contributed by atoms with E-state index in [2.05, 4.69) is 16.3 Å². The van der Waals surface area contributed by atoms with Crippen molar-refractivity contribution < 1.29 is 14.1 Å². The molecule has 1 aromatic heterocycles. The first-order chi connectivity index (χ1) is 12.0. The smallest absolute Gasteiger partial charge is 0.399 e. The molecule has 1 aliphatic heterocycles. The third kappa shape index (κ3) is 4.09. The van der Waals surface area contributed by atoms with Crippen molar-refractivity contribution in [3.05, 3.63) is 22.6 Å². The van der Waals surface area contributed by atoms with Crippen molar-refractivity contribution in [2.24, 2.45) is 7.05 Å². The van der Waals surface area contributed by atoms with E-state index in [1.165, 1.54) is 9.58 Å². The molecule has 2 rings (SSSR count). The van der Waals surface area contributed by atoms with Crippen molar-refractivity contribution in [1.29, 1.82) is 0 Å². The van der Waals surface area contributed by atoms with E-state index in [0.717, 1.165) is 0 Å². The molecule has 144 valence electrons. The Morgan fingerprint density at radius 3 is 2.38 bits per heavy atom. The third-order valence-corrected chi connectivity index (χ3v) is 4.81. The number of amides is 1. The molecule has 0 bridgehead atoms. The Balaban J connectivity index is 2.25. The highest BCUT2D eigenvalue weighted by Crippen LogP contribution is 2.36. The zero-order chi connectivity index (χ0) is 19.7. The molecule has 1 aliphatic rings. The topological polar surface area (TPSA) is 96.9 Å². The highest BCUT2D eigenvalue weighted by atomic mass is 16.7. The minimum absolute atomic E-state index is 0.0806. The molecule has 0 aromatic carbocycles. The van der Waals surface area contributed by atoms with E-state index in [-0.39, 0.29) is 23.7 Å². The predicted molar refractivity (Wildman–Crippen MR) is 101 cm³/mol. The van der Waals surface area contributed by atoms with Crippen LogP contribution >= 0.6 is 0 Å². The summed E-state index contributed by atoms with van der Waals surface area (Å²) >= 11 is 0. The second kappa shape index (κ2) is 7.39. The Kier molecular flexibility index (Phi) is 5.81. The number of carbonyl (C=O) groups is 1. The number of carbonyl (C=O) groups excluding carboxylic acids is 1. The van der Waals surface area contributed by atoms with Gasteiger partial charge >= 0.3 is 7.12 Å². The van der Waals surface area contributed by atoms with E-state index in [9.17, 15) is 9.59 Å².